The highest BCUT2D eigenvalue weighted by atomic mass is 16.5. The number of ether oxygens (including phenoxy) is 1. The lowest BCUT2D eigenvalue weighted by Crippen LogP contribution is -2.46. The topological polar surface area (TPSA) is 88.6 Å². The second-order valence-electron chi connectivity index (χ2n) is 8.05. The van der Waals surface area contributed by atoms with Crippen molar-refractivity contribution in [2.45, 2.75) is 46.6 Å². The molecule has 0 aliphatic rings. The maximum Gasteiger partial charge on any atom is 0.340 e. The number of amides is 2. The van der Waals surface area contributed by atoms with Crippen molar-refractivity contribution in [1.29, 1.82) is 0 Å². The van der Waals surface area contributed by atoms with Crippen molar-refractivity contribution in [2.24, 2.45) is 0 Å². The number of aromatic nitrogens is 1. The van der Waals surface area contributed by atoms with Crippen molar-refractivity contribution < 1.29 is 19.1 Å². The summed E-state index contributed by atoms with van der Waals surface area (Å²) in [4.78, 5) is 42.8. The van der Waals surface area contributed by atoms with Crippen molar-refractivity contribution in [2.75, 3.05) is 20.2 Å². The zero-order valence-corrected chi connectivity index (χ0v) is 18.0. The lowest BCUT2D eigenvalue weighted by molar-refractivity contribution is -0.137. The number of benzene rings is 1. The van der Waals surface area contributed by atoms with Gasteiger partial charge in [-0.05, 0) is 45.7 Å². The first-order chi connectivity index (χ1) is 13.5. The lowest BCUT2D eigenvalue weighted by Gasteiger charge is -2.23. The molecular formula is C22H29N3O4. The Morgan fingerprint density at radius 3 is 2.45 bits per heavy atom. The molecule has 156 valence electrons. The smallest absolute Gasteiger partial charge is 0.340 e. The first-order valence-corrected chi connectivity index (χ1v) is 9.63. The Hall–Kier alpha value is -2.96. The maximum absolute atomic E-state index is 12.7. The normalized spacial score (nSPS) is 11.2. The molecule has 0 spiro atoms. The van der Waals surface area contributed by atoms with Crippen LogP contribution in [0.25, 0.3) is 10.9 Å². The highest BCUT2D eigenvalue weighted by Crippen LogP contribution is 2.24. The van der Waals surface area contributed by atoms with E-state index >= 15 is 0 Å². The van der Waals surface area contributed by atoms with Gasteiger partial charge < -0.3 is 15.0 Å². The van der Waals surface area contributed by atoms with E-state index in [2.05, 4.69) is 10.3 Å². The van der Waals surface area contributed by atoms with Crippen LogP contribution in [0, 0.1) is 6.92 Å². The number of fused-ring (bicyclic) bond motifs is 1. The molecule has 0 unspecified atom stereocenters. The average molecular weight is 399 g/mol. The molecule has 0 aliphatic carbocycles. The van der Waals surface area contributed by atoms with Crippen molar-refractivity contribution in [3.05, 3.63) is 41.1 Å². The van der Waals surface area contributed by atoms with Gasteiger partial charge in [-0.15, -0.1) is 0 Å². The standard InChI is InChI=1S/C22H29N3O4/c1-7-16-20(14(2)15-10-8-9-11-17(15)23-16)21(28)29-13-19(27)25(6)12-18(26)24-22(3,4)5/h8-11H,7,12-13H2,1-6H3,(H,24,26). The Morgan fingerprint density at radius 1 is 1.17 bits per heavy atom. The molecule has 0 bridgehead atoms. The molecule has 7 heteroatoms. The minimum atomic E-state index is -0.585. The SMILES string of the molecule is CCc1nc2ccccc2c(C)c1C(=O)OCC(=O)N(C)CC(=O)NC(C)(C)C. The Bertz CT molecular complexity index is 932. The largest absolute Gasteiger partial charge is 0.452 e. The fourth-order valence-corrected chi connectivity index (χ4v) is 3.04. The van der Waals surface area contributed by atoms with Gasteiger partial charge >= 0.3 is 5.97 Å². The van der Waals surface area contributed by atoms with Crippen LogP contribution in [0.5, 0.6) is 0 Å². The lowest BCUT2D eigenvalue weighted by atomic mass is 10.0. The van der Waals surface area contributed by atoms with Gasteiger partial charge in [0.2, 0.25) is 5.91 Å². The van der Waals surface area contributed by atoms with Gasteiger partial charge in [0.1, 0.15) is 0 Å². The Morgan fingerprint density at radius 2 is 1.83 bits per heavy atom. The number of para-hydroxylation sites is 1. The van der Waals surface area contributed by atoms with E-state index in [0.29, 0.717) is 17.7 Å². The van der Waals surface area contributed by atoms with Gasteiger partial charge in [0.25, 0.3) is 5.91 Å². The predicted octanol–water partition coefficient (Wildman–Crippen LogP) is 2.64. The Labute approximate surface area is 171 Å². The van der Waals surface area contributed by atoms with Gasteiger partial charge in [0.15, 0.2) is 6.61 Å². The van der Waals surface area contributed by atoms with Gasteiger partial charge in [0.05, 0.1) is 23.3 Å². The van der Waals surface area contributed by atoms with Crippen LogP contribution in [0.3, 0.4) is 0 Å². The van der Waals surface area contributed by atoms with E-state index in [1.165, 1.54) is 11.9 Å². The number of carbonyl (C=O) groups is 3. The number of pyridine rings is 1. The summed E-state index contributed by atoms with van der Waals surface area (Å²) in [6.45, 7) is 8.81. The summed E-state index contributed by atoms with van der Waals surface area (Å²) in [5.41, 5.74) is 2.25. The van der Waals surface area contributed by atoms with E-state index in [4.69, 9.17) is 4.74 Å². The summed E-state index contributed by atoms with van der Waals surface area (Å²) in [6.07, 6.45) is 0.566. The third-order valence-corrected chi connectivity index (χ3v) is 4.41. The molecule has 0 saturated carbocycles. The van der Waals surface area contributed by atoms with Gasteiger partial charge in [-0.25, -0.2) is 4.79 Å². The van der Waals surface area contributed by atoms with E-state index in [1.807, 2.05) is 58.9 Å². The Balaban J connectivity index is 2.08. The number of nitrogens with zero attached hydrogens (tertiary/aromatic N) is 2. The fourth-order valence-electron chi connectivity index (χ4n) is 3.04. The summed E-state index contributed by atoms with van der Waals surface area (Å²) in [5.74, 6) is -1.31. The number of likely N-dealkylation sites (N-methyl/N-ethyl adjacent to an activating group) is 1. The zero-order chi connectivity index (χ0) is 21.8. The molecule has 7 nitrogen and oxygen atoms in total. The molecule has 2 amide bonds. The van der Waals surface area contributed by atoms with Gasteiger partial charge in [0, 0.05) is 18.0 Å². The molecule has 0 radical (unpaired) electrons. The summed E-state index contributed by atoms with van der Waals surface area (Å²) >= 11 is 0. The number of hydrogen-bond acceptors (Lipinski definition) is 5. The van der Waals surface area contributed by atoms with Crippen LogP contribution in [-0.4, -0.2) is 53.4 Å². The minimum absolute atomic E-state index is 0.107. The van der Waals surface area contributed by atoms with E-state index in [9.17, 15) is 14.4 Å². The number of nitrogens with one attached hydrogen (secondary N) is 1. The fraction of sp³-hybridized carbons (Fsp3) is 0.455. The predicted molar refractivity (Wildman–Crippen MR) is 112 cm³/mol. The average Bonchev–Trinajstić information content (AvgIpc) is 2.63. The molecule has 29 heavy (non-hydrogen) atoms. The van der Waals surface area contributed by atoms with Crippen molar-refractivity contribution in [3.8, 4) is 0 Å². The molecule has 1 aromatic heterocycles. The minimum Gasteiger partial charge on any atom is -0.452 e. The first-order valence-electron chi connectivity index (χ1n) is 9.63. The molecule has 0 saturated heterocycles. The number of esters is 1. The van der Waals surface area contributed by atoms with E-state index in [0.717, 1.165) is 16.5 Å². The molecular weight excluding hydrogens is 370 g/mol. The van der Waals surface area contributed by atoms with Crippen molar-refractivity contribution in [1.82, 2.24) is 15.2 Å². The Kier molecular flexibility index (Phi) is 6.95. The second kappa shape index (κ2) is 9.03. The van der Waals surface area contributed by atoms with Crippen LogP contribution in [-0.2, 0) is 20.7 Å². The van der Waals surface area contributed by atoms with Gasteiger partial charge in [-0.1, -0.05) is 25.1 Å². The van der Waals surface area contributed by atoms with Crippen LogP contribution >= 0.6 is 0 Å². The van der Waals surface area contributed by atoms with Crippen molar-refractivity contribution in [3.63, 3.8) is 0 Å². The number of hydrogen-bond donors (Lipinski definition) is 1. The first kappa shape index (κ1) is 22.3. The molecule has 1 N–H and O–H groups in total. The number of rotatable bonds is 6. The third-order valence-electron chi connectivity index (χ3n) is 4.41. The number of aryl methyl sites for hydroxylation is 2. The van der Waals surface area contributed by atoms with E-state index in [-0.39, 0.29) is 18.0 Å². The molecule has 0 aliphatic heterocycles. The van der Waals surface area contributed by atoms with Gasteiger partial charge in [-0.3, -0.25) is 14.6 Å². The van der Waals surface area contributed by atoms with Crippen LogP contribution in [0.2, 0.25) is 0 Å². The molecule has 1 heterocycles. The summed E-state index contributed by atoms with van der Waals surface area (Å²) in [5, 5.41) is 3.66. The van der Waals surface area contributed by atoms with Crippen LogP contribution < -0.4 is 5.32 Å². The molecule has 2 rings (SSSR count). The van der Waals surface area contributed by atoms with Gasteiger partial charge in [-0.2, -0.15) is 0 Å². The molecule has 0 fully saturated rings. The monoisotopic (exact) mass is 399 g/mol. The molecule has 0 atom stereocenters. The molecule has 1 aromatic carbocycles. The van der Waals surface area contributed by atoms with Crippen LogP contribution in [0.1, 0.15) is 49.3 Å². The van der Waals surface area contributed by atoms with E-state index in [1.54, 1.807) is 0 Å². The third kappa shape index (κ3) is 5.76. The highest BCUT2D eigenvalue weighted by Gasteiger charge is 2.22. The summed E-state index contributed by atoms with van der Waals surface area (Å²) in [7, 11) is 1.50. The van der Waals surface area contributed by atoms with Crippen molar-refractivity contribution >= 4 is 28.7 Å². The molecule has 2 aromatic rings. The maximum atomic E-state index is 12.7. The second-order valence-corrected chi connectivity index (χ2v) is 8.05. The van der Waals surface area contributed by atoms with E-state index < -0.39 is 18.5 Å². The van der Waals surface area contributed by atoms with Crippen LogP contribution in [0.15, 0.2) is 24.3 Å². The quantitative estimate of drug-likeness (QED) is 0.755. The zero-order valence-electron chi connectivity index (χ0n) is 18.0. The highest BCUT2D eigenvalue weighted by molar-refractivity contribution is 5.99. The summed E-state index contributed by atoms with van der Waals surface area (Å²) in [6, 6.07) is 7.59. The summed E-state index contributed by atoms with van der Waals surface area (Å²) < 4.78 is 5.26. The van der Waals surface area contributed by atoms with Crippen LogP contribution in [0.4, 0.5) is 0 Å². The number of carbonyl (C=O) groups excluding carboxylic acids is 3.